The van der Waals surface area contributed by atoms with E-state index in [0.29, 0.717) is 11.3 Å². The second-order valence-electron chi connectivity index (χ2n) is 3.81. The van der Waals surface area contributed by atoms with Gasteiger partial charge in [0.15, 0.2) is 0 Å². The van der Waals surface area contributed by atoms with Gasteiger partial charge in [-0.15, -0.1) is 0 Å². The van der Waals surface area contributed by atoms with Crippen molar-refractivity contribution >= 4 is 0 Å². The van der Waals surface area contributed by atoms with Gasteiger partial charge in [-0.05, 0) is 27.0 Å². The van der Waals surface area contributed by atoms with E-state index in [4.69, 9.17) is 4.74 Å². The van der Waals surface area contributed by atoms with Gasteiger partial charge in [0.2, 0.25) is 0 Å². The summed E-state index contributed by atoms with van der Waals surface area (Å²) >= 11 is 0. The molecule has 1 aromatic carbocycles. The zero-order valence-electron chi connectivity index (χ0n) is 9.71. The van der Waals surface area contributed by atoms with Crippen LogP contribution in [0.4, 0.5) is 8.78 Å². The van der Waals surface area contributed by atoms with Crippen LogP contribution in [-0.2, 0) is 0 Å². The minimum absolute atomic E-state index is 0.0312. The summed E-state index contributed by atoms with van der Waals surface area (Å²) < 4.78 is 31.1. The Morgan fingerprint density at radius 1 is 1.19 bits per heavy atom. The Hall–Kier alpha value is -1.16. The van der Waals surface area contributed by atoms with Crippen LogP contribution < -0.4 is 10.1 Å². The summed E-state index contributed by atoms with van der Waals surface area (Å²) in [5.74, 6) is 0.511. The lowest BCUT2D eigenvalue weighted by molar-refractivity contribution is 0.0995. The summed E-state index contributed by atoms with van der Waals surface area (Å²) in [6.07, 6.45) is -2.49. The number of hydrogen-bond donors (Lipinski definition) is 1. The molecule has 0 fully saturated rings. The molecule has 16 heavy (non-hydrogen) atoms. The van der Waals surface area contributed by atoms with E-state index < -0.39 is 12.5 Å². The lowest BCUT2D eigenvalue weighted by Gasteiger charge is -2.20. The number of hydrogen-bond acceptors (Lipinski definition) is 2. The fourth-order valence-corrected chi connectivity index (χ4v) is 1.52. The third kappa shape index (κ3) is 3.17. The third-order valence-corrected chi connectivity index (χ3v) is 2.18. The van der Waals surface area contributed by atoms with E-state index >= 15 is 0 Å². The van der Waals surface area contributed by atoms with Crippen molar-refractivity contribution in [3.05, 3.63) is 29.8 Å². The van der Waals surface area contributed by atoms with Crippen LogP contribution in [0.5, 0.6) is 5.75 Å². The van der Waals surface area contributed by atoms with E-state index in [-0.39, 0.29) is 6.10 Å². The number of rotatable bonds is 5. The molecule has 1 unspecified atom stereocenters. The summed E-state index contributed by atoms with van der Waals surface area (Å²) in [6.45, 7) is 3.74. The first kappa shape index (κ1) is 12.9. The van der Waals surface area contributed by atoms with Gasteiger partial charge in [0.25, 0.3) is 6.43 Å². The van der Waals surface area contributed by atoms with E-state index in [9.17, 15) is 8.78 Å². The number of ether oxygens (including phenoxy) is 1. The van der Waals surface area contributed by atoms with E-state index in [2.05, 4.69) is 5.32 Å². The molecule has 1 rings (SSSR count). The minimum Gasteiger partial charge on any atom is -0.491 e. The zero-order valence-corrected chi connectivity index (χ0v) is 9.71. The molecule has 0 aliphatic carbocycles. The van der Waals surface area contributed by atoms with Crippen LogP contribution in [0.15, 0.2) is 24.3 Å². The van der Waals surface area contributed by atoms with Gasteiger partial charge in [0.1, 0.15) is 5.75 Å². The highest BCUT2D eigenvalue weighted by atomic mass is 19.3. The first-order valence-corrected chi connectivity index (χ1v) is 5.27. The van der Waals surface area contributed by atoms with Crippen molar-refractivity contribution < 1.29 is 13.5 Å². The molecule has 1 N–H and O–H groups in total. The van der Waals surface area contributed by atoms with Crippen LogP contribution in [0.2, 0.25) is 0 Å². The van der Waals surface area contributed by atoms with Crippen LogP contribution in [0.1, 0.15) is 25.5 Å². The van der Waals surface area contributed by atoms with Gasteiger partial charge in [-0.25, -0.2) is 8.78 Å². The molecular weight excluding hydrogens is 212 g/mol. The average Bonchev–Trinajstić information content (AvgIpc) is 2.20. The molecule has 1 atom stereocenters. The predicted molar refractivity (Wildman–Crippen MR) is 60.0 cm³/mol. The summed E-state index contributed by atoms with van der Waals surface area (Å²) in [4.78, 5) is 0. The lowest BCUT2D eigenvalue weighted by atomic mass is 10.1. The fraction of sp³-hybridized carbons (Fsp3) is 0.500. The van der Waals surface area contributed by atoms with Gasteiger partial charge in [-0.1, -0.05) is 18.2 Å². The molecule has 0 spiro atoms. The van der Waals surface area contributed by atoms with Crippen molar-refractivity contribution in [2.24, 2.45) is 0 Å². The fourth-order valence-electron chi connectivity index (χ4n) is 1.52. The van der Waals surface area contributed by atoms with Crippen molar-refractivity contribution in [2.75, 3.05) is 7.05 Å². The molecule has 0 aliphatic heterocycles. The largest absolute Gasteiger partial charge is 0.491 e. The zero-order chi connectivity index (χ0) is 12.1. The third-order valence-electron chi connectivity index (χ3n) is 2.18. The van der Waals surface area contributed by atoms with Gasteiger partial charge >= 0.3 is 0 Å². The SMILES string of the molecule is CNC(c1ccccc1OC(C)C)C(F)F. The molecule has 0 amide bonds. The van der Waals surface area contributed by atoms with Gasteiger partial charge in [0, 0.05) is 5.56 Å². The maximum atomic E-state index is 12.8. The van der Waals surface area contributed by atoms with Gasteiger partial charge < -0.3 is 10.1 Å². The second kappa shape index (κ2) is 5.80. The molecule has 0 radical (unpaired) electrons. The van der Waals surface area contributed by atoms with Gasteiger partial charge in [0.05, 0.1) is 12.1 Å². The van der Waals surface area contributed by atoms with E-state index in [1.165, 1.54) is 7.05 Å². The second-order valence-corrected chi connectivity index (χ2v) is 3.81. The summed E-state index contributed by atoms with van der Waals surface area (Å²) in [6, 6.07) is 5.89. The van der Waals surface area contributed by atoms with Crippen LogP contribution in [-0.4, -0.2) is 19.6 Å². The Bertz CT molecular complexity index is 329. The summed E-state index contributed by atoms with van der Waals surface area (Å²) in [5.41, 5.74) is 0.494. The first-order chi connectivity index (χ1) is 7.56. The van der Waals surface area contributed by atoms with Gasteiger partial charge in [-0.3, -0.25) is 0 Å². The average molecular weight is 229 g/mol. The van der Waals surface area contributed by atoms with E-state index in [1.54, 1.807) is 24.3 Å². The highest BCUT2D eigenvalue weighted by Crippen LogP contribution is 2.29. The lowest BCUT2D eigenvalue weighted by Crippen LogP contribution is -2.24. The number of para-hydroxylation sites is 1. The van der Waals surface area contributed by atoms with Crippen LogP contribution in [0.3, 0.4) is 0 Å². The molecule has 0 heterocycles. The van der Waals surface area contributed by atoms with Crippen LogP contribution >= 0.6 is 0 Å². The Labute approximate surface area is 94.6 Å². The first-order valence-electron chi connectivity index (χ1n) is 5.27. The molecule has 0 aromatic heterocycles. The molecule has 90 valence electrons. The van der Waals surface area contributed by atoms with Crippen LogP contribution in [0.25, 0.3) is 0 Å². The summed E-state index contributed by atoms with van der Waals surface area (Å²) in [5, 5.41) is 2.60. The smallest absolute Gasteiger partial charge is 0.257 e. The number of nitrogens with one attached hydrogen (secondary N) is 1. The highest BCUT2D eigenvalue weighted by Gasteiger charge is 2.23. The Balaban J connectivity index is 3.01. The topological polar surface area (TPSA) is 21.3 Å². The quantitative estimate of drug-likeness (QED) is 0.838. The number of alkyl halides is 2. The van der Waals surface area contributed by atoms with E-state index in [0.717, 1.165) is 0 Å². The monoisotopic (exact) mass is 229 g/mol. The standard InChI is InChI=1S/C12H17F2NO/c1-8(2)16-10-7-5-4-6-9(10)11(15-3)12(13)14/h4-8,11-12,15H,1-3H3. The van der Waals surface area contributed by atoms with Crippen LogP contribution in [0, 0.1) is 0 Å². The number of benzene rings is 1. The number of halogens is 2. The molecule has 0 saturated heterocycles. The van der Waals surface area contributed by atoms with Crippen molar-refractivity contribution in [2.45, 2.75) is 32.4 Å². The maximum Gasteiger partial charge on any atom is 0.257 e. The van der Waals surface area contributed by atoms with Crippen molar-refractivity contribution in [3.63, 3.8) is 0 Å². The molecule has 0 bridgehead atoms. The molecule has 2 nitrogen and oxygen atoms in total. The molecular formula is C12H17F2NO. The van der Waals surface area contributed by atoms with Crippen molar-refractivity contribution in [1.82, 2.24) is 5.32 Å². The maximum absolute atomic E-state index is 12.8. The van der Waals surface area contributed by atoms with Crippen molar-refractivity contribution in [3.8, 4) is 5.75 Å². The molecule has 1 aromatic rings. The normalized spacial score (nSPS) is 13.2. The Morgan fingerprint density at radius 2 is 1.81 bits per heavy atom. The van der Waals surface area contributed by atoms with Gasteiger partial charge in [-0.2, -0.15) is 0 Å². The molecule has 4 heteroatoms. The predicted octanol–water partition coefficient (Wildman–Crippen LogP) is 3.00. The summed E-state index contributed by atoms with van der Waals surface area (Å²) in [7, 11) is 1.52. The Morgan fingerprint density at radius 3 is 2.31 bits per heavy atom. The Kier molecular flexibility index (Phi) is 4.68. The van der Waals surface area contributed by atoms with E-state index in [1.807, 2.05) is 13.8 Å². The minimum atomic E-state index is -2.46. The highest BCUT2D eigenvalue weighted by molar-refractivity contribution is 5.36. The molecule has 0 aliphatic rings. The molecule has 0 saturated carbocycles. The van der Waals surface area contributed by atoms with Crippen molar-refractivity contribution in [1.29, 1.82) is 0 Å².